The van der Waals surface area contributed by atoms with Crippen molar-refractivity contribution in [2.75, 3.05) is 63.5 Å². The fraction of sp³-hybridized carbons (Fsp3) is 0.161. The van der Waals surface area contributed by atoms with E-state index in [1.54, 1.807) is 56.2 Å². The number of hydrogen-bond acceptors (Lipinski definition) is 26. The minimum atomic E-state index is 0.378. The number of aromatic amines is 4. The first-order valence-corrected chi connectivity index (χ1v) is 42.2. The zero-order valence-electron chi connectivity index (χ0n) is 64.6. The number of ether oxygens (including phenoxy) is 1. The lowest BCUT2D eigenvalue weighted by Gasteiger charge is -2.32. The molecule has 1 fully saturated rings. The Morgan fingerprint density at radius 1 is 0.449 bits per heavy atom. The summed E-state index contributed by atoms with van der Waals surface area (Å²) in [5, 5.41) is 69.1. The molecule has 1 aliphatic heterocycles. The predicted molar refractivity (Wildman–Crippen MR) is 481 cm³/mol. The van der Waals surface area contributed by atoms with Crippen molar-refractivity contribution in [2.45, 2.75) is 65.5 Å². The molecule has 588 valence electrons. The van der Waals surface area contributed by atoms with Crippen molar-refractivity contribution in [3.05, 3.63) is 257 Å². The average molecular weight is 1630 g/mol. The Hall–Kier alpha value is -13.9. The standard InChI is InChI=1S/C25H25N7S.C23H22N6S.C21H18N6OS.C18H15N7S/c1-2-4-17(5-3-1)16-32-11-8-19(9-12-32)28-25-29-22-10-13-33-23(22)24(30-25)27-20-6-7-21-18(14-20)15-26-31-21;1-3-14(2)15-4-6-17(7-5-15)26-23-27-20-10-11-30-21(20)22(28-23)25-18-8-9-19-16(12-18)13-24-29-19;1-2-4-16(5-3-1)28-10-9-22-21-25-18-8-11-29-19(18)20(26-21)24-15-6-7-17-14(12-15)13-23-27-17;1-10-7-11(2)25(24-10)18-21-15-5-6-26-16(15)17(22-18)20-13-3-4-14-12(8-13)9-19-23-14/h1-7,10,13-15,19H,8-9,11-12,16H2,(H,26,31)(H2,27,28,29,30);4-14H,3H2,1-2H3,(H,24,29)(H2,25,26,27,28);1-8,11-13H,9-10H2,(H,23,27)(H2,22,24,25,26);3-9H,1-2H3,(H,19,23)(H,20,21,22). The van der Waals surface area contributed by atoms with Gasteiger partial charge >= 0.3 is 0 Å². The summed E-state index contributed by atoms with van der Waals surface area (Å²) in [6, 6.07) is 63.7. The first-order chi connectivity index (χ1) is 58.0. The number of aryl methyl sites for hydroxylation is 2. The van der Waals surface area contributed by atoms with E-state index >= 15 is 0 Å². The summed E-state index contributed by atoms with van der Waals surface area (Å²) in [6.07, 6.45) is 10.6. The van der Waals surface area contributed by atoms with Gasteiger partial charge < -0.3 is 42.0 Å². The fourth-order valence-electron chi connectivity index (χ4n) is 13.9. The van der Waals surface area contributed by atoms with Crippen molar-refractivity contribution < 1.29 is 4.74 Å². The number of fused-ring (bicyclic) bond motifs is 8. The number of thiophene rings is 4. The van der Waals surface area contributed by atoms with Gasteiger partial charge in [-0.25, -0.2) is 24.6 Å². The molecule has 20 aromatic rings. The van der Waals surface area contributed by atoms with Crippen molar-refractivity contribution >= 4 is 199 Å². The molecular weight excluding hydrogens is 1550 g/mol. The van der Waals surface area contributed by atoms with Gasteiger partial charge in [0.05, 0.1) is 100.0 Å². The SMILES string of the molecule is CCC(C)c1ccc(Nc2nc(Nc3ccc4[nH]ncc4c3)c3sccc3n2)cc1.Cc1cc(C)n(-c2nc(Nc3ccc4[nH]ncc4c3)c3sccc3n2)n1.c1ccc(CN2CCC(Nc3nc(Nc4ccc5[nH]ncc5c4)c4sccc4n3)CC2)cc1.c1ccc(OCCNc2nc(Nc3ccc4[nH]ncc4c3)c3sccc3n2)cc1. The third kappa shape index (κ3) is 17.7. The largest absolute Gasteiger partial charge is 0.492 e. The van der Waals surface area contributed by atoms with Crippen LogP contribution in [0.4, 0.5) is 69.6 Å². The molecule has 1 aliphatic rings. The van der Waals surface area contributed by atoms with Crippen LogP contribution >= 0.6 is 45.3 Å². The van der Waals surface area contributed by atoms with Crippen LogP contribution in [0, 0.1) is 13.8 Å². The molecule has 0 amide bonds. The summed E-state index contributed by atoms with van der Waals surface area (Å²) in [7, 11) is 0. The van der Waals surface area contributed by atoms with Crippen molar-refractivity contribution in [1.29, 1.82) is 0 Å². The molecule has 14 heterocycles. The maximum Gasteiger partial charge on any atom is 0.253 e. The Morgan fingerprint density at radius 2 is 0.881 bits per heavy atom. The molecule has 11 N–H and O–H groups in total. The molecule has 27 nitrogen and oxygen atoms in total. The molecule has 0 radical (unpaired) electrons. The van der Waals surface area contributed by atoms with E-state index in [1.807, 2.05) is 164 Å². The van der Waals surface area contributed by atoms with Crippen molar-refractivity contribution in [2.24, 2.45) is 0 Å². The highest BCUT2D eigenvalue weighted by atomic mass is 32.1. The van der Waals surface area contributed by atoms with Gasteiger partial charge in [0, 0.05) is 81.4 Å². The summed E-state index contributed by atoms with van der Waals surface area (Å²) >= 11 is 6.51. The van der Waals surface area contributed by atoms with Gasteiger partial charge in [0.25, 0.3) is 5.95 Å². The van der Waals surface area contributed by atoms with Gasteiger partial charge in [0.2, 0.25) is 17.8 Å². The second-order valence-corrected chi connectivity index (χ2v) is 32.1. The molecule has 1 unspecified atom stereocenters. The maximum absolute atomic E-state index is 5.72. The summed E-state index contributed by atoms with van der Waals surface area (Å²) < 4.78 is 11.6. The van der Waals surface area contributed by atoms with Gasteiger partial charge in [0.1, 0.15) is 12.4 Å². The van der Waals surface area contributed by atoms with E-state index in [4.69, 9.17) is 24.7 Å². The van der Waals surface area contributed by atoms with E-state index in [0.717, 1.165) is 192 Å². The van der Waals surface area contributed by atoms with Crippen LogP contribution < -0.4 is 42.0 Å². The number of anilines is 12. The molecule has 0 saturated carbocycles. The number of rotatable bonds is 22. The quantitative estimate of drug-likeness (QED) is 0.0281. The predicted octanol–water partition coefficient (Wildman–Crippen LogP) is 20.9. The lowest BCUT2D eigenvalue weighted by Crippen LogP contribution is -2.39. The van der Waals surface area contributed by atoms with Gasteiger partial charge in [-0.3, -0.25) is 25.3 Å². The minimum absolute atomic E-state index is 0.378. The lowest BCUT2D eigenvalue weighted by molar-refractivity contribution is 0.211. The van der Waals surface area contributed by atoms with Crippen LogP contribution in [0.5, 0.6) is 5.75 Å². The van der Waals surface area contributed by atoms with E-state index < -0.39 is 0 Å². The highest BCUT2D eigenvalue weighted by Crippen LogP contribution is 2.37. The van der Waals surface area contributed by atoms with E-state index in [-0.39, 0.29) is 0 Å². The smallest absolute Gasteiger partial charge is 0.253 e. The Bertz CT molecular complexity index is 6800. The maximum atomic E-state index is 5.72. The number of hydrogen-bond donors (Lipinski definition) is 11. The number of likely N-dealkylation sites (tertiary alicyclic amines) is 1. The zero-order chi connectivity index (χ0) is 79.7. The lowest BCUT2D eigenvalue weighted by atomic mass is 9.99. The van der Waals surface area contributed by atoms with Crippen LogP contribution in [0.1, 0.15) is 61.5 Å². The molecule has 7 aromatic carbocycles. The highest BCUT2D eigenvalue weighted by molar-refractivity contribution is 7.18. The molecule has 31 heteroatoms. The van der Waals surface area contributed by atoms with Crippen LogP contribution in [0.3, 0.4) is 0 Å². The number of para-hydroxylation sites is 1. The molecule has 13 aromatic heterocycles. The summed E-state index contributed by atoms with van der Waals surface area (Å²) in [5.74, 6) is 6.97. The van der Waals surface area contributed by atoms with Crippen molar-refractivity contribution in [3.8, 4) is 11.7 Å². The zero-order valence-corrected chi connectivity index (χ0v) is 67.8. The minimum Gasteiger partial charge on any atom is -0.492 e. The Balaban J connectivity index is 0.000000109. The number of nitrogens with one attached hydrogen (secondary N) is 11. The van der Waals surface area contributed by atoms with Gasteiger partial charge in [-0.2, -0.15) is 45.4 Å². The van der Waals surface area contributed by atoms with Crippen LogP contribution in [-0.2, 0) is 6.54 Å². The molecule has 1 saturated heterocycles. The summed E-state index contributed by atoms with van der Waals surface area (Å²) in [6.45, 7) is 12.7. The van der Waals surface area contributed by atoms with E-state index in [9.17, 15) is 0 Å². The Labute approximate surface area is 692 Å². The van der Waals surface area contributed by atoms with E-state index in [0.29, 0.717) is 48.9 Å². The molecule has 0 aliphatic carbocycles. The van der Waals surface area contributed by atoms with Crippen LogP contribution in [0.25, 0.3) is 90.4 Å². The van der Waals surface area contributed by atoms with E-state index in [1.165, 1.54) is 11.1 Å². The van der Waals surface area contributed by atoms with Crippen molar-refractivity contribution in [1.82, 2.24) is 95.3 Å². The highest BCUT2D eigenvalue weighted by Gasteiger charge is 2.23. The Kier molecular flexibility index (Phi) is 22.2. The van der Waals surface area contributed by atoms with Crippen LogP contribution in [0.15, 0.2) is 234 Å². The average Bonchev–Trinajstić information content (AvgIpc) is 1.65. The van der Waals surface area contributed by atoms with Crippen LogP contribution in [0.2, 0.25) is 0 Å². The third-order valence-electron chi connectivity index (χ3n) is 20.1. The molecular formula is C87H80N26OS4. The van der Waals surface area contributed by atoms with Crippen LogP contribution in [-0.4, -0.2) is 128 Å². The molecule has 1 atom stereocenters. The number of H-pyrrole nitrogens is 4. The van der Waals surface area contributed by atoms with Gasteiger partial charge in [-0.05, 0) is 199 Å². The molecule has 0 bridgehead atoms. The first kappa shape index (κ1) is 75.5. The normalized spacial score (nSPS) is 12.6. The summed E-state index contributed by atoms with van der Waals surface area (Å²) in [4.78, 5) is 40.3. The topological polar surface area (TPSA) is 332 Å². The second-order valence-electron chi connectivity index (χ2n) is 28.5. The number of piperidine rings is 1. The number of nitrogens with zero attached hydrogens (tertiary/aromatic N) is 15. The monoisotopic (exact) mass is 1630 g/mol. The van der Waals surface area contributed by atoms with E-state index in [2.05, 4.69) is 200 Å². The molecule has 118 heavy (non-hydrogen) atoms. The fourth-order valence-corrected chi connectivity index (χ4v) is 17.0. The van der Waals surface area contributed by atoms with Gasteiger partial charge in [0.15, 0.2) is 23.3 Å². The number of aromatic nitrogens is 18. The second kappa shape index (κ2) is 34.7. The van der Waals surface area contributed by atoms with Gasteiger partial charge in [-0.15, -0.1) is 45.3 Å². The Morgan fingerprint density at radius 3 is 1.36 bits per heavy atom. The summed E-state index contributed by atoms with van der Waals surface area (Å²) in [5.41, 5.74) is 17.2. The van der Waals surface area contributed by atoms with Crippen molar-refractivity contribution in [3.63, 3.8) is 0 Å². The van der Waals surface area contributed by atoms with Gasteiger partial charge in [-0.1, -0.05) is 74.5 Å². The molecule has 0 spiro atoms. The molecule has 21 rings (SSSR count). The third-order valence-corrected chi connectivity index (χ3v) is 23.8. The number of benzene rings is 7. The first-order valence-electron chi connectivity index (χ1n) is 38.7.